The minimum atomic E-state index is 0.0656. The molecule has 0 atom stereocenters. The number of hydrogen-bond donors (Lipinski definition) is 1. The Balaban J connectivity index is 1.20. The second-order valence-corrected chi connectivity index (χ2v) is 11.1. The van der Waals surface area contributed by atoms with Gasteiger partial charge in [-0.2, -0.15) is 0 Å². The summed E-state index contributed by atoms with van der Waals surface area (Å²) in [6, 6.07) is 0.137. The van der Waals surface area contributed by atoms with Crippen LogP contribution in [0.1, 0.15) is 55.6 Å². The average molecular weight is 425 g/mol. The number of carbonyl (C=O) groups excluding carboxylic acids is 1. The Labute approximate surface area is 185 Å². The van der Waals surface area contributed by atoms with Gasteiger partial charge in [0.25, 0.3) is 0 Å². The maximum absolute atomic E-state index is 13.4. The number of fused-ring (bicyclic) bond motifs is 1. The zero-order valence-electron chi connectivity index (χ0n) is 19.1. The van der Waals surface area contributed by atoms with Crippen molar-refractivity contribution >= 4 is 11.8 Å². The number of likely N-dealkylation sites (N-methyl/N-ethyl adjacent to an activating group) is 1. The summed E-state index contributed by atoms with van der Waals surface area (Å²) in [5.74, 6) is 4.43. The third-order valence-corrected chi connectivity index (χ3v) is 8.65. The van der Waals surface area contributed by atoms with E-state index in [9.17, 15) is 4.79 Å². The fraction of sp³-hybridized carbons (Fsp3) is 0.792. The molecule has 3 heterocycles. The molecule has 2 aliphatic heterocycles. The molecular formula is C24H36N6O. The van der Waals surface area contributed by atoms with Crippen LogP contribution in [0.15, 0.2) is 0 Å². The third-order valence-electron chi connectivity index (χ3n) is 8.65. The minimum Gasteiger partial charge on any atom is -0.354 e. The lowest BCUT2D eigenvalue weighted by molar-refractivity contribution is -0.0159. The normalized spacial score (nSPS) is 34.7. The molecule has 7 nitrogen and oxygen atoms in total. The second-order valence-electron chi connectivity index (χ2n) is 11.1. The summed E-state index contributed by atoms with van der Waals surface area (Å²) >= 11 is 0. The summed E-state index contributed by atoms with van der Waals surface area (Å²) in [7, 11) is 2.18. The van der Waals surface area contributed by atoms with Gasteiger partial charge in [0.2, 0.25) is 0 Å². The standard InChI is InChI=1S/C24H36N6O/c1-16-25-21-3-4-30(15-20(21)22(26-16)29-7-5-28(2)6-8-29)23(31)27-24-12-17-9-18(13-24)11-19(10-17)14-24/h17-19H,3-15H2,1-2H3,(H,27,31). The van der Waals surface area contributed by atoms with Gasteiger partial charge in [-0.3, -0.25) is 0 Å². The van der Waals surface area contributed by atoms with E-state index in [2.05, 4.69) is 22.2 Å². The molecule has 1 saturated heterocycles. The van der Waals surface area contributed by atoms with Crippen LogP contribution in [0.4, 0.5) is 10.6 Å². The van der Waals surface area contributed by atoms with E-state index in [1.54, 1.807) is 0 Å². The molecule has 4 saturated carbocycles. The molecule has 7 heteroatoms. The Kier molecular flexibility index (Phi) is 4.67. The van der Waals surface area contributed by atoms with Crippen LogP contribution in [0.5, 0.6) is 0 Å². The molecule has 0 unspecified atom stereocenters. The first-order valence-corrected chi connectivity index (χ1v) is 12.3. The maximum atomic E-state index is 13.4. The molecule has 0 radical (unpaired) electrons. The van der Waals surface area contributed by atoms with Crippen molar-refractivity contribution in [2.75, 3.05) is 44.7 Å². The fourth-order valence-electron chi connectivity index (χ4n) is 7.54. The van der Waals surface area contributed by atoms with Crippen molar-refractivity contribution in [2.45, 2.75) is 64.0 Å². The van der Waals surface area contributed by atoms with Gasteiger partial charge in [-0.15, -0.1) is 0 Å². The van der Waals surface area contributed by atoms with Crippen LogP contribution >= 0.6 is 0 Å². The van der Waals surface area contributed by atoms with E-state index in [4.69, 9.17) is 9.97 Å². The van der Waals surface area contributed by atoms with Crippen molar-refractivity contribution in [1.82, 2.24) is 25.1 Å². The Hall–Kier alpha value is -1.89. The SMILES string of the molecule is Cc1nc2c(c(N3CCN(C)CC3)n1)CN(C(=O)NC13CC4CC(CC(C4)C1)C3)CC2. The first-order valence-electron chi connectivity index (χ1n) is 12.3. The van der Waals surface area contributed by atoms with Gasteiger partial charge in [0.15, 0.2) is 0 Å². The predicted octanol–water partition coefficient (Wildman–Crippen LogP) is 2.57. The van der Waals surface area contributed by atoms with Gasteiger partial charge >= 0.3 is 6.03 Å². The predicted molar refractivity (Wildman–Crippen MR) is 120 cm³/mol. The van der Waals surface area contributed by atoms with Crippen LogP contribution in [0.25, 0.3) is 0 Å². The maximum Gasteiger partial charge on any atom is 0.318 e. The number of rotatable bonds is 2. The first-order chi connectivity index (χ1) is 15.0. The number of anilines is 1. The van der Waals surface area contributed by atoms with Crippen molar-refractivity contribution in [1.29, 1.82) is 0 Å². The smallest absolute Gasteiger partial charge is 0.318 e. The lowest BCUT2D eigenvalue weighted by Crippen LogP contribution is -2.62. The van der Waals surface area contributed by atoms with E-state index in [0.717, 1.165) is 74.2 Å². The Bertz CT molecular complexity index is 842. The van der Waals surface area contributed by atoms with Crippen LogP contribution in [0.2, 0.25) is 0 Å². The molecule has 0 spiro atoms. The van der Waals surface area contributed by atoms with Gasteiger partial charge in [-0.25, -0.2) is 14.8 Å². The molecule has 0 aromatic carbocycles. The summed E-state index contributed by atoms with van der Waals surface area (Å²) in [6.45, 7) is 7.45. The molecule has 7 rings (SSSR count). The molecule has 1 N–H and O–H groups in total. The number of amides is 2. The number of urea groups is 1. The van der Waals surface area contributed by atoms with Crippen molar-refractivity contribution in [3.05, 3.63) is 17.1 Å². The number of nitrogens with one attached hydrogen (secondary N) is 1. The first kappa shape index (κ1) is 19.8. The van der Waals surface area contributed by atoms with E-state index >= 15 is 0 Å². The van der Waals surface area contributed by atoms with Gasteiger partial charge in [0, 0.05) is 50.2 Å². The number of carbonyl (C=O) groups is 1. The lowest BCUT2D eigenvalue weighted by atomic mass is 9.53. The van der Waals surface area contributed by atoms with Crippen molar-refractivity contribution < 1.29 is 4.79 Å². The van der Waals surface area contributed by atoms with E-state index in [-0.39, 0.29) is 11.6 Å². The number of aromatic nitrogens is 2. The highest BCUT2D eigenvalue weighted by molar-refractivity contribution is 5.76. The molecule has 31 heavy (non-hydrogen) atoms. The Morgan fingerprint density at radius 2 is 1.61 bits per heavy atom. The molecule has 6 aliphatic rings. The number of piperazine rings is 1. The summed E-state index contributed by atoms with van der Waals surface area (Å²) in [6.07, 6.45) is 8.62. The zero-order valence-corrected chi connectivity index (χ0v) is 19.1. The third kappa shape index (κ3) is 3.59. The van der Waals surface area contributed by atoms with Crippen molar-refractivity contribution in [3.8, 4) is 0 Å². The van der Waals surface area contributed by atoms with Gasteiger partial charge < -0.3 is 20.0 Å². The molecule has 1 aromatic heterocycles. The quantitative estimate of drug-likeness (QED) is 0.791. The van der Waals surface area contributed by atoms with E-state index in [0.29, 0.717) is 6.54 Å². The van der Waals surface area contributed by atoms with Crippen molar-refractivity contribution in [2.24, 2.45) is 17.8 Å². The Morgan fingerprint density at radius 3 is 2.26 bits per heavy atom. The fourth-order valence-corrected chi connectivity index (χ4v) is 7.54. The second kappa shape index (κ2) is 7.32. The van der Waals surface area contributed by atoms with Gasteiger partial charge in [0.1, 0.15) is 11.6 Å². The largest absolute Gasteiger partial charge is 0.354 e. The van der Waals surface area contributed by atoms with E-state index < -0.39 is 0 Å². The van der Waals surface area contributed by atoms with Crippen LogP contribution in [-0.4, -0.2) is 71.1 Å². The topological polar surface area (TPSA) is 64.6 Å². The van der Waals surface area contributed by atoms with Crippen LogP contribution < -0.4 is 10.2 Å². The van der Waals surface area contributed by atoms with Crippen LogP contribution in [0.3, 0.4) is 0 Å². The summed E-state index contributed by atoms with van der Waals surface area (Å²) in [5.41, 5.74) is 2.37. The number of nitrogens with zero attached hydrogens (tertiary/aromatic N) is 5. The van der Waals surface area contributed by atoms with Gasteiger partial charge in [-0.1, -0.05) is 0 Å². The van der Waals surface area contributed by atoms with E-state index in [1.807, 2.05) is 11.8 Å². The minimum absolute atomic E-state index is 0.0656. The monoisotopic (exact) mass is 424 g/mol. The number of hydrogen-bond acceptors (Lipinski definition) is 5. The van der Waals surface area contributed by atoms with Crippen molar-refractivity contribution in [3.63, 3.8) is 0 Å². The highest BCUT2D eigenvalue weighted by Crippen LogP contribution is 2.55. The highest BCUT2D eigenvalue weighted by atomic mass is 16.2. The molecule has 2 amide bonds. The summed E-state index contributed by atoms with van der Waals surface area (Å²) < 4.78 is 0. The molecule has 4 aliphatic carbocycles. The molecular weight excluding hydrogens is 388 g/mol. The summed E-state index contributed by atoms with van der Waals surface area (Å²) in [5, 5.41) is 3.57. The van der Waals surface area contributed by atoms with Gasteiger partial charge in [0.05, 0.1) is 12.2 Å². The average Bonchev–Trinajstić information content (AvgIpc) is 2.72. The zero-order chi connectivity index (χ0) is 21.2. The van der Waals surface area contributed by atoms with Crippen LogP contribution in [0, 0.1) is 24.7 Å². The Morgan fingerprint density at radius 1 is 0.968 bits per heavy atom. The van der Waals surface area contributed by atoms with E-state index in [1.165, 1.54) is 44.1 Å². The molecule has 168 valence electrons. The van der Waals surface area contributed by atoms with Crippen LogP contribution in [-0.2, 0) is 13.0 Å². The molecule has 5 fully saturated rings. The number of aryl methyl sites for hydroxylation is 1. The van der Waals surface area contributed by atoms with Gasteiger partial charge in [-0.05, 0) is 70.3 Å². The highest BCUT2D eigenvalue weighted by Gasteiger charge is 2.52. The molecule has 4 bridgehead atoms. The molecule has 1 aromatic rings. The summed E-state index contributed by atoms with van der Waals surface area (Å²) in [4.78, 5) is 29.8. The lowest BCUT2D eigenvalue weighted by Gasteiger charge is -2.57.